The zero-order valence-electron chi connectivity index (χ0n) is 26.4. The lowest BCUT2D eigenvalue weighted by atomic mass is 9.94. The predicted molar refractivity (Wildman–Crippen MR) is 171 cm³/mol. The Morgan fingerprint density at radius 3 is 1.49 bits per heavy atom. The summed E-state index contributed by atoms with van der Waals surface area (Å²) >= 11 is 1.56. The molecule has 0 saturated heterocycles. The van der Waals surface area contributed by atoms with Gasteiger partial charge in [0.1, 0.15) is 6.04 Å². The number of carbonyl (C=O) groups is 3. The van der Waals surface area contributed by atoms with E-state index < -0.39 is 18.0 Å². The number of nitrogens with two attached hydrogens (primary N) is 1. The molecule has 41 heavy (non-hydrogen) atoms. The minimum atomic E-state index is -0.734. The summed E-state index contributed by atoms with van der Waals surface area (Å²) in [4.78, 5) is 35.2. The molecule has 3 atom stereocenters. The van der Waals surface area contributed by atoms with Crippen LogP contribution in [0.15, 0.2) is 0 Å². The van der Waals surface area contributed by atoms with Crippen molar-refractivity contribution < 1.29 is 29.3 Å². The Morgan fingerprint density at radius 1 is 0.610 bits per heavy atom. The van der Waals surface area contributed by atoms with Crippen molar-refractivity contribution in [1.29, 1.82) is 0 Å². The summed E-state index contributed by atoms with van der Waals surface area (Å²) in [5.74, 6) is -1.09. The maximum Gasteiger partial charge on any atom is 0.322 e. The molecule has 0 fully saturated rings. The minimum absolute atomic E-state index is 0.202. The van der Waals surface area contributed by atoms with Crippen LogP contribution >= 0.6 is 11.8 Å². The molecule has 0 aliphatic carbocycles. The third kappa shape index (κ3) is 25.0. The van der Waals surface area contributed by atoms with Gasteiger partial charge in [-0.15, -0.1) is 0 Å². The molecule has 7 nitrogen and oxygen atoms in total. The highest BCUT2D eigenvalue weighted by Crippen LogP contribution is 2.20. The summed E-state index contributed by atoms with van der Waals surface area (Å²) in [6, 6.07) is -0.664. The highest BCUT2D eigenvalue weighted by atomic mass is 32.2. The van der Waals surface area contributed by atoms with Gasteiger partial charge in [-0.2, -0.15) is 11.8 Å². The Kier molecular flexibility index (Phi) is 27.9. The van der Waals surface area contributed by atoms with Crippen molar-refractivity contribution in [2.45, 2.75) is 161 Å². The van der Waals surface area contributed by atoms with Crippen molar-refractivity contribution in [3.63, 3.8) is 0 Å². The van der Waals surface area contributed by atoms with Gasteiger partial charge in [0.15, 0.2) is 0 Å². The molecule has 0 aromatic rings. The van der Waals surface area contributed by atoms with Gasteiger partial charge >= 0.3 is 17.9 Å². The lowest BCUT2D eigenvalue weighted by Crippen LogP contribution is -2.33. The Morgan fingerprint density at radius 2 is 1.02 bits per heavy atom. The molecule has 0 rings (SSSR count). The Hall–Kier alpha value is -1.28. The van der Waals surface area contributed by atoms with E-state index in [0.717, 1.165) is 77.0 Å². The molecule has 0 aromatic carbocycles. The molecule has 0 radical (unpaired) electrons. The summed E-state index contributed by atoms with van der Waals surface area (Å²) in [5.41, 5.74) is 5.98. The first-order chi connectivity index (χ1) is 19.8. The van der Waals surface area contributed by atoms with Crippen LogP contribution in [-0.4, -0.2) is 52.3 Å². The number of carboxylic acid groups (broad SMARTS) is 2. The molecular formula is C33H63NO6S. The van der Waals surface area contributed by atoms with Crippen molar-refractivity contribution in [1.82, 2.24) is 0 Å². The van der Waals surface area contributed by atoms with Crippen LogP contribution in [0.1, 0.15) is 155 Å². The van der Waals surface area contributed by atoms with E-state index in [1.165, 1.54) is 51.4 Å². The van der Waals surface area contributed by atoms with E-state index in [1.807, 2.05) is 0 Å². The third-order valence-corrected chi connectivity index (χ3v) is 9.06. The predicted octanol–water partition coefficient (Wildman–Crippen LogP) is 8.61. The second kappa shape index (κ2) is 28.8. The first-order valence-electron chi connectivity index (χ1n) is 16.8. The number of carboxylic acids is 2. The second-order valence-corrected chi connectivity index (χ2v) is 12.9. The summed E-state index contributed by atoms with van der Waals surface area (Å²) in [6.07, 6.45) is 22.8. The van der Waals surface area contributed by atoms with Crippen LogP contribution in [0.5, 0.6) is 0 Å². The van der Waals surface area contributed by atoms with Gasteiger partial charge < -0.3 is 20.7 Å². The molecule has 242 valence electrons. The molecule has 0 amide bonds. The van der Waals surface area contributed by atoms with Crippen molar-refractivity contribution in [3.05, 3.63) is 0 Å². The standard InChI is InChI=1S/C33H63NO6S/c1-3-5-7-9-13-17-21-28(31(35)36)22-18-15-11-12-16-20-25-40-33(39)30(34)24-26-41-27-29(32(37)38)23-19-14-10-8-6-4-2/h28-30H,3-27,34H2,1-2H3,(H,35,36)(H,37,38). The van der Waals surface area contributed by atoms with Gasteiger partial charge in [-0.05, 0) is 37.9 Å². The summed E-state index contributed by atoms with van der Waals surface area (Å²) in [5, 5.41) is 19.0. The lowest BCUT2D eigenvalue weighted by Gasteiger charge is -2.14. The van der Waals surface area contributed by atoms with E-state index in [-0.39, 0.29) is 17.8 Å². The zero-order valence-corrected chi connectivity index (χ0v) is 27.2. The fourth-order valence-electron chi connectivity index (χ4n) is 5.04. The number of rotatable bonds is 31. The Bertz CT molecular complexity index is 647. The van der Waals surface area contributed by atoms with Crippen molar-refractivity contribution >= 4 is 29.7 Å². The number of thioether (sulfide) groups is 1. The quantitative estimate of drug-likeness (QED) is 0.0532. The fourth-order valence-corrected chi connectivity index (χ4v) is 6.23. The SMILES string of the molecule is CCCCCCCCC(CCCCCCCCOC(=O)C(N)CCSCC(CCCCCCCC)C(=O)O)C(=O)O. The summed E-state index contributed by atoms with van der Waals surface area (Å²) in [7, 11) is 0. The van der Waals surface area contributed by atoms with Crippen LogP contribution in [0.25, 0.3) is 0 Å². The zero-order chi connectivity index (χ0) is 30.6. The molecule has 4 N–H and O–H groups in total. The average molecular weight is 602 g/mol. The van der Waals surface area contributed by atoms with Gasteiger partial charge in [0.05, 0.1) is 18.4 Å². The molecule has 0 bridgehead atoms. The molecule has 8 heteroatoms. The molecule has 0 saturated carbocycles. The molecule has 0 aliphatic heterocycles. The number of hydrogen-bond acceptors (Lipinski definition) is 6. The number of carbonyl (C=O) groups excluding carboxylic acids is 1. The summed E-state index contributed by atoms with van der Waals surface area (Å²) < 4.78 is 5.33. The monoisotopic (exact) mass is 601 g/mol. The van der Waals surface area contributed by atoms with Gasteiger partial charge in [0, 0.05) is 5.75 Å². The average Bonchev–Trinajstić information content (AvgIpc) is 2.94. The normalized spacial score (nSPS) is 13.5. The van der Waals surface area contributed by atoms with Crippen LogP contribution in [-0.2, 0) is 19.1 Å². The van der Waals surface area contributed by atoms with E-state index in [4.69, 9.17) is 10.5 Å². The van der Waals surface area contributed by atoms with Crippen LogP contribution in [0.4, 0.5) is 0 Å². The van der Waals surface area contributed by atoms with Gasteiger partial charge in [-0.25, -0.2) is 0 Å². The Balaban J connectivity index is 3.78. The van der Waals surface area contributed by atoms with Crippen molar-refractivity contribution in [2.75, 3.05) is 18.1 Å². The highest BCUT2D eigenvalue weighted by molar-refractivity contribution is 7.99. The summed E-state index contributed by atoms with van der Waals surface area (Å²) in [6.45, 7) is 4.76. The maximum absolute atomic E-state index is 12.2. The number of esters is 1. The van der Waals surface area contributed by atoms with Crippen molar-refractivity contribution in [3.8, 4) is 0 Å². The molecular weight excluding hydrogens is 538 g/mol. The molecule has 0 heterocycles. The van der Waals surface area contributed by atoms with Crippen LogP contribution < -0.4 is 5.73 Å². The molecule has 3 unspecified atom stereocenters. The van der Waals surface area contributed by atoms with Gasteiger partial charge in [0.2, 0.25) is 0 Å². The number of ether oxygens (including phenoxy) is 1. The first-order valence-corrected chi connectivity index (χ1v) is 17.9. The highest BCUT2D eigenvalue weighted by Gasteiger charge is 2.19. The first kappa shape index (κ1) is 39.7. The molecule has 0 aliphatic rings. The number of hydrogen-bond donors (Lipinski definition) is 3. The smallest absolute Gasteiger partial charge is 0.322 e. The van der Waals surface area contributed by atoms with Crippen LogP contribution in [0.2, 0.25) is 0 Å². The number of aliphatic carboxylic acids is 2. The van der Waals surface area contributed by atoms with Gasteiger partial charge in [-0.3, -0.25) is 14.4 Å². The Labute approximate surface area is 255 Å². The van der Waals surface area contributed by atoms with E-state index in [9.17, 15) is 24.6 Å². The molecule has 0 aromatic heterocycles. The lowest BCUT2D eigenvalue weighted by molar-refractivity contribution is -0.145. The van der Waals surface area contributed by atoms with Gasteiger partial charge in [-0.1, -0.05) is 123 Å². The number of unbranched alkanes of at least 4 members (excludes halogenated alkanes) is 15. The minimum Gasteiger partial charge on any atom is -0.481 e. The maximum atomic E-state index is 12.2. The topological polar surface area (TPSA) is 127 Å². The van der Waals surface area contributed by atoms with E-state index in [1.54, 1.807) is 11.8 Å². The largest absolute Gasteiger partial charge is 0.481 e. The van der Waals surface area contributed by atoms with E-state index in [2.05, 4.69) is 13.8 Å². The van der Waals surface area contributed by atoms with Crippen molar-refractivity contribution in [2.24, 2.45) is 17.6 Å². The van der Waals surface area contributed by atoms with Crippen LogP contribution in [0, 0.1) is 11.8 Å². The van der Waals surface area contributed by atoms with Crippen LogP contribution in [0.3, 0.4) is 0 Å². The third-order valence-electron chi connectivity index (χ3n) is 7.90. The van der Waals surface area contributed by atoms with Gasteiger partial charge in [0.25, 0.3) is 0 Å². The second-order valence-electron chi connectivity index (χ2n) is 11.7. The van der Waals surface area contributed by atoms with E-state index >= 15 is 0 Å². The molecule has 0 spiro atoms. The fraction of sp³-hybridized carbons (Fsp3) is 0.909. The van der Waals surface area contributed by atoms with E-state index in [0.29, 0.717) is 31.0 Å².